The molecule has 0 atom stereocenters. The second-order valence-corrected chi connectivity index (χ2v) is 1.66. The van der Waals surface area contributed by atoms with Crippen molar-refractivity contribution in [3.8, 4) is 5.75 Å². The zero-order valence-corrected chi connectivity index (χ0v) is 4.84. The molecule has 1 aromatic heterocycles. The van der Waals surface area contributed by atoms with Crippen LogP contribution in [0.1, 0.15) is 0 Å². The molecule has 0 radical (unpaired) electrons. The molecule has 0 fully saturated rings. The van der Waals surface area contributed by atoms with E-state index in [1.54, 1.807) is 0 Å². The number of hydrogen-bond donors (Lipinski definition) is 2. The molecule has 1 heterocycles. The lowest BCUT2D eigenvalue weighted by molar-refractivity contribution is 0.453. The van der Waals surface area contributed by atoms with Gasteiger partial charge in [0.2, 0.25) is 0 Å². The van der Waals surface area contributed by atoms with Crippen LogP contribution in [-0.4, -0.2) is 15.1 Å². The van der Waals surface area contributed by atoms with Crippen molar-refractivity contribution in [3.05, 3.63) is 12.5 Å². The number of hydrogen-bond acceptors (Lipinski definition) is 4. The highest BCUT2D eigenvalue weighted by Gasteiger charge is 1.91. The molecule has 42 valence electrons. The normalized spacial score (nSPS) is 9.12. The van der Waals surface area contributed by atoms with Gasteiger partial charge in [0.15, 0.2) is 5.75 Å². The Hall–Kier alpha value is -0.770. The maximum Gasteiger partial charge on any atom is 0.166 e. The standard InChI is InChI=1S/C4H4N2OS/c7-3-1-5-2-6-4(3)8/h1-2,7H,(H,5,6,8). The lowest BCUT2D eigenvalue weighted by atomic mass is 10.6. The van der Waals surface area contributed by atoms with Gasteiger partial charge in [-0.05, 0) is 0 Å². The second kappa shape index (κ2) is 2.00. The van der Waals surface area contributed by atoms with Gasteiger partial charge in [-0.25, -0.2) is 9.97 Å². The largest absolute Gasteiger partial charge is 0.504 e. The lowest BCUT2D eigenvalue weighted by Gasteiger charge is -1.89. The Morgan fingerprint density at radius 1 is 1.62 bits per heavy atom. The van der Waals surface area contributed by atoms with Gasteiger partial charge in [0.05, 0.1) is 6.20 Å². The monoisotopic (exact) mass is 128 g/mol. The molecule has 0 spiro atoms. The van der Waals surface area contributed by atoms with Gasteiger partial charge in [0, 0.05) is 0 Å². The highest BCUT2D eigenvalue weighted by atomic mass is 32.1. The fraction of sp³-hybridized carbons (Fsp3) is 0. The minimum atomic E-state index is 0.0100. The molecule has 3 nitrogen and oxygen atoms in total. The number of rotatable bonds is 0. The first-order valence-corrected chi connectivity index (χ1v) is 2.43. The molecular weight excluding hydrogens is 124 g/mol. The third-order valence-corrected chi connectivity index (χ3v) is 1.02. The van der Waals surface area contributed by atoms with Crippen LogP contribution in [0.5, 0.6) is 5.75 Å². The summed E-state index contributed by atoms with van der Waals surface area (Å²) < 4.78 is 0. The van der Waals surface area contributed by atoms with Crippen molar-refractivity contribution in [3.63, 3.8) is 0 Å². The van der Waals surface area contributed by atoms with Crippen LogP contribution in [-0.2, 0) is 0 Å². The fourth-order valence-electron chi connectivity index (χ4n) is 0.316. The van der Waals surface area contributed by atoms with E-state index in [-0.39, 0.29) is 5.75 Å². The molecule has 0 saturated carbocycles. The summed E-state index contributed by atoms with van der Waals surface area (Å²) in [6.07, 6.45) is 2.61. The van der Waals surface area contributed by atoms with E-state index in [0.29, 0.717) is 5.03 Å². The van der Waals surface area contributed by atoms with Gasteiger partial charge in [-0.2, -0.15) is 0 Å². The summed E-state index contributed by atoms with van der Waals surface area (Å²) in [5.74, 6) is 0.0100. The van der Waals surface area contributed by atoms with E-state index in [9.17, 15) is 0 Å². The summed E-state index contributed by atoms with van der Waals surface area (Å²) in [6, 6.07) is 0. The smallest absolute Gasteiger partial charge is 0.166 e. The van der Waals surface area contributed by atoms with E-state index in [1.165, 1.54) is 12.5 Å². The molecule has 1 aromatic rings. The second-order valence-electron chi connectivity index (χ2n) is 1.23. The van der Waals surface area contributed by atoms with Crippen LogP contribution in [0.25, 0.3) is 0 Å². The van der Waals surface area contributed by atoms with E-state index >= 15 is 0 Å². The van der Waals surface area contributed by atoms with Gasteiger partial charge < -0.3 is 5.11 Å². The van der Waals surface area contributed by atoms with Crippen molar-refractivity contribution in [1.82, 2.24) is 9.97 Å². The molecule has 0 amide bonds. The molecule has 0 aliphatic heterocycles. The molecule has 0 aromatic carbocycles. The van der Waals surface area contributed by atoms with Crippen molar-refractivity contribution in [2.75, 3.05) is 0 Å². The van der Waals surface area contributed by atoms with E-state index in [2.05, 4.69) is 22.6 Å². The fourth-order valence-corrected chi connectivity index (χ4v) is 0.425. The van der Waals surface area contributed by atoms with Gasteiger partial charge in [-0.15, -0.1) is 12.6 Å². The SMILES string of the molecule is Oc1cncnc1S. The number of thiol groups is 1. The first-order valence-electron chi connectivity index (χ1n) is 1.98. The highest BCUT2D eigenvalue weighted by Crippen LogP contribution is 2.13. The van der Waals surface area contributed by atoms with Crippen molar-refractivity contribution in [2.45, 2.75) is 5.03 Å². The molecule has 0 bridgehead atoms. The quantitative estimate of drug-likeness (QED) is 0.394. The molecule has 0 aliphatic carbocycles. The summed E-state index contributed by atoms with van der Waals surface area (Å²) in [6.45, 7) is 0. The maximum atomic E-state index is 8.72. The molecule has 8 heavy (non-hydrogen) atoms. The first-order chi connectivity index (χ1) is 3.80. The van der Waals surface area contributed by atoms with Crippen LogP contribution in [0, 0.1) is 0 Å². The van der Waals surface area contributed by atoms with E-state index in [4.69, 9.17) is 5.11 Å². The van der Waals surface area contributed by atoms with Crippen molar-refractivity contribution in [2.24, 2.45) is 0 Å². The summed E-state index contributed by atoms with van der Waals surface area (Å²) >= 11 is 3.80. The Labute approximate surface area is 51.8 Å². The topological polar surface area (TPSA) is 46.0 Å². The predicted molar refractivity (Wildman–Crippen MR) is 30.9 cm³/mol. The maximum absolute atomic E-state index is 8.72. The number of aromatic hydroxyl groups is 1. The van der Waals surface area contributed by atoms with Gasteiger partial charge in [0.1, 0.15) is 11.4 Å². The van der Waals surface area contributed by atoms with Crippen LogP contribution in [0.15, 0.2) is 17.6 Å². The van der Waals surface area contributed by atoms with Crippen LogP contribution in [0.4, 0.5) is 0 Å². The Morgan fingerprint density at radius 2 is 2.38 bits per heavy atom. The van der Waals surface area contributed by atoms with Gasteiger partial charge >= 0.3 is 0 Å². The van der Waals surface area contributed by atoms with Crippen molar-refractivity contribution < 1.29 is 5.11 Å². The molecule has 1 rings (SSSR count). The summed E-state index contributed by atoms with van der Waals surface area (Å²) in [5, 5.41) is 9.02. The van der Waals surface area contributed by atoms with Crippen molar-refractivity contribution >= 4 is 12.6 Å². The zero-order chi connectivity index (χ0) is 5.98. The van der Waals surface area contributed by atoms with Crippen molar-refractivity contribution in [1.29, 1.82) is 0 Å². The van der Waals surface area contributed by atoms with E-state index in [1.807, 2.05) is 0 Å². The Morgan fingerprint density at radius 3 is 2.75 bits per heavy atom. The summed E-state index contributed by atoms with van der Waals surface area (Å²) in [5.41, 5.74) is 0. The third-order valence-electron chi connectivity index (χ3n) is 0.673. The summed E-state index contributed by atoms with van der Waals surface area (Å²) in [7, 11) is 0. The lowest BCUT2D eigenvalue weighted by Crippen LogP contribution is -1.77. The predicted octanol–water partition coefficient (Wildman–Crippen LogP) is 0.471. The molecular formula is C4H4N2OS. The zero-order valence-electron chi connectivity index (χ0n) is 3.94. The molecule has 1 N–H and O–H groups in total. The average Bonchev–Trinajstić information content (AvgIpc) is 1.77. The van der Waals surface area contributed by atoms with Gasteiger partial charge in [-0.3, -0.25) is 0 Å². The van der Waals surface area contributed by atoms with Crippen LogP contribution >= 0.6 is 12.6 Å². The molecule has 0 saturated heterocycles. The number of aromatic nitrogens is 2. The van der Waals surface area contributed by atoms with Gasteiger partial charge in [-0.1, -0.05) is 0 Å². The van der Waals surface area contributed by atoms with Crippen LogP contribution in [0.2, 0.25) is 0 Å². The van der Waals surface area contributed by atoms with E-state index < -0.39 is 0 Å². The minimum Gasteiger partial charge on any atom is -0.504 e. The third kappa shape index (κ3) is 0.894. The molecule has 4 heteroatoms. The van der Waals surface area contributed by atoms with Crippen LogP contribution in [0.3, 0.4) is 0 Å². The Bertz CT molecular complexity index is 170. The number of nitrogens with zero attached hydrogens (tertiary/aromatic N) is 2. The summed E-state index contributed by atoms with van der Waals surface area (Å²) in [4.78, 5) is 7.12. The first kappa shape index (κ1) is 5.37. The van der Waals surface area contributed by atoms with Gasteiger partial charge in [0.25, 0.3) is 0 Å². The minimum absolute atomic E-state index is 0.0100. The average molecular weight is 128 g/mol. The molecule has 0 unspecified atom stereocenters. The van der Waals surface area contributed by atoms with Crippen LogP contribution < -0.4 is 0 Å². The van der Waals surface area contributed by atoms with E-state index in [0.717, 1.165) is 0 Å². The Balaban J connectivity index is 3.13. The molecule has 0 aliphatic rings. The highest BCUT2D eigenvalue weighted by molar-refractivity contribution is 7.80. The Kier molecular flexibility index (Phi) is 1.34.